The largest absolute Gasteiger partial charge is 0.507 e. The van der Waals surface area contributed by atoms with Crippen molar-refractivity contribution >= 4 is 17.4 Å². The Morgan fingerprint density at radius 3 is 2.50 bits per heavy atom. The monoisotopic (exact) mass is 514 g/mol. The van der Waals surface area contributed by atoms with E-state index in [4.69, 9.17) is 14.2 Å². The zero-order valence-corrected chi connectivity index (χ0v) is 21.4. The molecule has 2 aliphatic heterocycles. The van der Waals surface area contributed by atoms with E-state index >= 15 is 0 Å². The number of amides is 1. The number of carbonyl (C=O) groups excluding carboxylic acids is 2. The SMILES string of the molecule is CN(C)CCN1C(=O)C(=O)C(=C(O)c2ccc3c(c2)OCCO3)[C@@H]1c1cccc(OCc2ccccc2)c1. The first-order valence-electron chi connectivity index (χ1n) is 12.5. The third-order valence-corrected chi connectivity index (χ3v) is 6.57. The van der Waals surface area contributed by atoms with Crippen LogP contribution in [-0.4, -0.2) is 67.0 Å². The van der Waals surface area contributed by atoms with Gasteiger partial charge in [0, 0.05) is 18.7 Å². The summed E-state index contributed by atoms with van der Waals surface area (Å²) in [4.78, 5) is 30.0. The molecule has 1 amide bonds. The second-order valence-electron chi connectivity index (χ2n) is 9.50. The van der Waals surface area contributed by atoms with Gasteiger partial charge < -0.3 is 29.1 Å². The van der Waals surface area contributed by atoms with Gasteiger partial charge in [-0.3, -0.25) is 9.59 Å². The zero-order chi connectivity index (χ0) is 26.6. The molecule has 8 nitrogen and oxygen atoms in total. The second-order valence-corrected chi connectivity index (χ2v) is 9.50. The lowest BCUT2D eigenvalue weighted by molar-refractivity contribution is -0.140. The third kappa shape index (κ3) is 5.21. The summed E-state index contributed by atoms with van der Waals surface area (Å²) in [5, 5.41) is 11.4. The molecule has 196 valence electrons. The number of nitrogens with zero attached hydrogens (tertiary/aromatic N) is 2. The standard InChI is InChI=1S/C30H30N2O6/c1-31(2)13-14-32-27(21-9-6-10-23(17-21)38-19-20-7-4-3-5-8-20)26(29(34)30(32)35)28(33)22-11-12-24-25(18-22)37-16-15-36-24/h3-12,17-18,27,33H,13-16,19H2,1-2H3/t27-/m0/s1. The van der Waals surface area contributed by atoms with Crippen LogP contribution in [0.2, 0.25) is 0 Å². The highest BCUT2D eigenvalue weighted by Gasteiger charge is 2.46. The predicted molar refractivity (Wildman–Crippen MR) is 142 cm³/mol. The highest BCUT2D eigenvalue weighted by atomic mass is 16.6. The molecule has 0 aliphatic carbocycles. The summed E-state index contributed by atoms with van der Waals surface area (Å²) >= 11 is 0. The number of hydrogen-bond donors (Lipinski definition) is 1. The van der Waals surface area contributed by atoms with Crippen molar-refractivity contribution < 1.29 is 28.9 Å². The maximum atomic E-state index is 13.3. The van der Waals surface area contributed by atoms with Gasteiger partial charge in [0.2, 0.25) is 0 Å². The molecule has 2 heterocycles. The number of fused-ring (bicyclic) bond motifs is 1. The average Bonchev–Trinajstić information content (AvgIpc) is 3.20. The summed E-state index contributed by atoms with van der Waals surface area (Å²) in [5.41, 5.74) is 2.10. The molecule has 0 saturated carbocycles. The van der Waals surface area contributed by atoms with Crippen molar-refractivity contribution in [1.82, 2.24) is 9.80 Å². The number of aliphatic hydroxyl groups is 1. The fourth-order valence-electron chi connectivity index (χ4n) is 4.63. The van der Waals surface area contributed by atoms with Gasteiger partial charge in [0.1, 0.15) is 31.3 Å². The maximum Gasteiger partial charge on any atom is 0.295 e. The van der Waals surface area contributed by atoms with Gasteiger partial charge in [0.25, 0.3) is 11.7 Å². The van der Waals surface area contributed by atoms with Gasteiger partial charge in [-0.2, -0.15) is 0 Å². The first kappa shape index (κ1) is 25.4. The highest BCUT2D eigenvalue weighted by Crippen LogP contribution is 2.41. The first-order chi connectivity index (χ1) is 18.4. The Morgan fingerprint density at radius 2 is 1.74 bits per heavy atom. The number of ether oxygens (including phenoxy) is 3. The zero-order valence-electron chi connectivity index (χ0n) is 21.4. The van der Waals surface area contributed by atoms with E-state index in [0.29, 0.717) is 61.3 Å². The Labute approximate surface area is 221 Å². The van der Waals surface area contributed by atoms with E-state index in [1.165, 1.54) is 4.90 Å². The third-order valence-electron chi connectivity index (χ3n) is 6.57. The molecule has 0 radical (unpaired) electrons. The van der Waals surface area contributed by atoms with Crippen molar-refractivity contribution in [3.05, 3.63) is 95.1 Å². The summed E-state index contributed by atoms with van der Waals surface area (Å²) in [5.74, 6) is 0.0227. The number of carbonyl (C=O) groups is 2. The molecule has 1 fully saturated rings. The number of likely N-dealkylation sites (tertiary alicyclic amines) is 1. The van der Waals surface area contributed by atoms with Crippen molar-refractivity contribution in [3.8, 4) is 17.2 Å². The van der Waals surface area contributed by atoms with Crippen LogP contribution in [0.1, 0.15) is 22.7 Å². The number of aliphatic hydroxyl groups excluding tert-OH is 1. The number of benzene rings is 3. The molecule has 1 N–H and O–H groups in total. The fraction of sp³-hybridized carbons (Fsp3) is 0.267. The highest BCUT2D eigenvalue weighted by molar-refractivity contribution is 6.46. The molecule has 38 heavy (non-hydrogen) atoms. The molecule has 1 atom stereocenters. The number of ketones is 1. The summed E-state index contributed by atoms with van der Waals surface area (Å²) in [6.45, 7) is 2.08. The van der Waals surface area contributed by atoms with Gasteiger partial charge in [-0.15, -0.1) is 0 Å². The number of hydrogen-bond acceptors (Lipinski definition) is 7. The Bertz CT molecular complexity index is 1370. The van der Waals surface area contributed by atoms with E-state index in [-0.39, 0.29) is 11.3 Å². The van der Waals surface area contributed by atoms with E-state index in [0.717, 1.165) is 5.56 Å². The molecule has 3 aromatic carbocycles. The lowest BCUT2D eigenvalue weighted by Gasteiger charge is -2.27. The van der Waals surface area contributed by atoms with Gasteiger partial charge in [-0.1, -0.05) is 42.5 Å². The predicted octanol–water partition coefficient (Wildman–Crippen LogP) is 4.02. The van der Waals surface area contributed by atoms with Crippen LogP contribution in [-0.2, 0) is 16.2 Å². The van der Waals surface area contributed by atoms with Crippen LogP contribution in [0.25, 0.3) is 5.76 Å². The molecule has 3 aromatic rings. The van der Waals surface area contributed by atoms with Gasteiger partial charge >= 0.3 is 0 Å². The second kappa shape index (κ2) is 11.0. The van der Waals surface area contributed by atoms with Crippen molar-refractivity contribution in [2.45, 2.75) is 12.6 Å². The van der Waals surface area contributed by atoms with Crippen LogP contribution in [0.5, 0.6) is 17.2 Å². The molecule has 0 unspecified atom stereocenters. The molecule has 0 bridgehead atoms. The molecule has 1 saturated heterocycles. The van der Waals surface area contributed by atoms with Gasteiger partial charge in [-0.25, -0.2) is 0 Å². The minimum Gasteiger partial charge on any atom is -0.507 e. The topological polar surface area (TPSA) is 88.5 Å². The smallest absolute Gasteiger partial charge is 0.295 e. The fourth-order valence-corrected chi connectivity index (χ4v) is 4.63. The van der Waals surface area contributed by atoms with Crippen LogP contribution in [0.15, 0.2) is 78.4 Å². The van der Waals surface area contributed by atoms with Crippen LogP contribution in [0, 0.1) is 0 Å². The summed E-state index contributed by atoms with van der Waals surface area (Å²) in [7, 11) is 3.80. The summed E-state index contributed by atoms with van der Waals surface area (Å²) in [6.07, 6.45) is 0. The van der Waals surface area contributed by atoms with Crippen molar-refractivity contribution in [2.24, 2.45) is 0 Å². The average molecular weight is 515 g/mol. The summed E-state index contributed by atoms with van der Waals surface area (Å²) < 4.78 is 17.3. The van der Waals surface area contributed by atoms with Gasteiger partial charge in [0.05, 0.1) is 11.6 Å². The normalized spacial score (nSPS) is 18.2. The maximum absolute atomic E-state index is 13.3. The summed E-state index contributed by atoms with van der Waals surface area (Å²) in [6, 6.07) is 21.3. The van der Waals surface area contributed by atoms with Crippen LogP contribution < -0.4 is 14.2 Å². The van der Waals surface area contributed by atoms with Crippen molar-refractivity contribution in [1.29, 1.82) is 0 Å². The van der Waals surface area contributed by atoms with Crippen molar-refractivity contribution in [2.75, 3.05) is 40.4 Å². The molecule has 0 aromatic heterocycles. The van der Waals surface area contributed by atoms with E-state index < -0.39 is 17.7 Å². The molecule has 8 heteroatoms. The van der Waals surface area contributed by atoms with E-state index in [9.17, 15) is 14.7 Å². The molecule has 5 rings (SSSR count). The van der Waals surface area contributed by atoms with E-state index in [2.05, 4.69) is 0 Å². The minimum atomic E-state index is -0.775. The van der Waals surface area contributed by atoms with E-state index in [1.54, 1.807) is 18.2 Å². The Morgan fingerprint density at radius 1 is 0.974 bits per heavy atom. The van der Waals surface area contributed by atoms with Gasteiger partial charge in [-0.05, 0) is 55.6 Å². The Balaban J connectivity index is 1.53. The van der Waals surface area contributed by atoms with Crippen LogP contribution in [0.4, 0.5) is 0 Å². The van der Waals surface area contributed by atoms with Crippen LogP contribution in [0.3, 0.4) is 0 Å². The first-order valence-corrected chi connectivity index (χ1v) is 12.5. The minimum absolute atomic E-state index is 0.0330. The lowest BCUT2D eigenvalue weighted by atomic mass is 9.95. The van der Waals surface area contributed by atoms with E-state index in [1.807, 2.05) is 73.6 Å². The number of likely N-dealkylation sites (N-methyl/N-ethyl adjacent to an activating group) is 1. The van der Waals surface area contributed by atoms with Crippen LogP contribution >= 0.6 is 0 Å². The number of Topliss-reactive ketones (excluding diaryl/α,β-unsaturated/α-hetero) is 1. The quantitative estimate of drug-likeness (QED) is 0.276. The number of rotatable bonds is 8. The Kier molecular flexibility index (Phi) is 7.33. The van der Waals surface area contributed by atoms with Crippen molar-refractivity contribution in [3.63, 3.8) is 0 Å². The van der Waals surface area contributed by atoms with Gasteiger partial charge in [0.15, 0.2) is 11.5 Å². The molecular weight excluding hydrogens is 484 g/mol. The molecule has 2 aliphatic rings. The molecular formula is C30H30N2O6. The molecule has 0 spiro atoms. The lowest BCUT2D eigenvalue weighted by Crippen LogP contribution is -2.35. The Hall–Kier alpha value is -4.30.